The minimum absolute atomic E-state index is 0.143. The monoisotopic (exact) mass is 393 g/mol. The summed E-state index contributed by atoms with van der Waals surface area (Å²) in [6.45, 7) is 7.59. The summed E-state index contributed by atoms with van der Waals surface area (Å²) in [5.41, 5.74) is 1.62. The van der Waals surface area contributed by atoms with Gasteiger partial charge in [-0.25, -0.2) is 0 Å². The van der Waals surface area contributed by atoms with Crippen LogP contribution in [0.25, 0.3) is 6.08 Å². The van der Waals surface area contributed by atoms with E-state index >= 15 is 0 Å². The van der Waals surface area contributed by atoms with E-state index in [9.17, 15) is 4.79 Å². The van der Waals surface area contributed by atoms with Gasteiger partial charge in [-0.2, -0.15) is 0 Å². The molecule has 0 aliphatic carbocycles. The standard InChI is InChI=1S/C23H31N5O/c1-2-3-7-14-24-23(29)21-12-13-22(26-25-21)28-18-16-27(17-19-28)15-8-11-20-9-5-4-6-10-20/h4-6,8-13H,2-3,7,14-19H2,1H3,(H,24,29)/b11-8+. The fourth-order valence-corrected chi connectivity index (χ4v) is 3.34. The summed E-state index contributed by atoms with van der Waals surface area (Å²) in [6, 6.07) is 14.0. The molecule has 1 aromatic heterocycles. The Hall–Kier alpha value is -2.73. The van der Waals surface area contributed by atoms with E-state index in [-0.39, 0.29) is 5.91 Å². The average molecular weight is 394 g/mol. The van der Waals surface area contributed by atoms with Crippen LogP contribution in [0.5, 0.6) is 0 Å². The van der Waals surface area contributed by atoms with Crippen molar-refractivity contribution in [1.82, 2.24) is 20.4 Å². The molecular weight excluding hydrogens is 362 g/mol. The van der Waals surface area contributed by atoms with Crippen LogP contribution in [-0.2, 0) is 0 Å². The highest BCUT2D eigenvalue weighted by Crippen LogP contribution is 2.13. The minimum atomic E-state index is -0.143. The Labute approximate surface area is 173 Å². The topological polar surface area (TPSA) is 61.4 Å². The van der Waals surface area contributed by atoms with E-state index in [0.29, 0.717) is 12.2 Å². The third kappa shape index (κ3) is 6.68. The smallest absolute Gasteiger partial charge is 0.271 e. The normalized spacial score (nSPS) is 15.0. The van der Waals surface area contributed by atoms with Gasteiger partial charge in [-0.05, 0) is 24.1 Å². The summed E-state index contributed by atoms with van der Waals surface area (Å²) >= 11 is 0. The summed E-state index contributed by atoms with van der Waals surface area (Å²) < 4.78 is 0. The van der Waals surface area contributed by atoms with Crippen molar-refractivity contribution >= 4 is 17.8 Å². The summed E-state index contributed by atoms with van der Waals surface area (Å²) in [5.74, 6) is 0.696. The molecule has 1 aliphatic heterocycles. The highest BCUT2D eigenvalue weighted by Gasteiger charge is 2.18. The lowest BCUT2D eigenvalue weighted by molar-refractivity contribution is 0.0947. The molecule has 1 aliphatic rings. The molecule has 0 unspecified atom stereocenters. The Kier molecular flexibility index (Phi) is 8.19. The van der Waals surface area contributed by atoms with Gasteiger partial charge in [0.25, 0.3) is 5.91 Å². The Morgan fingerprint density at radius 3 is 2.52 bits per heavy atom. The van der Waals surface area contributed by atoms with E-state index in [1.807, 2.05) is 12.1 Å². The zero-order valence-corrected chi connectivity index (χ0v) is 17.3. The van der Waals surface area contributed by atoms with Crippen molar-refractivity contribution in [3.05, 3.63) is 59.8 Å². The maximum Gasteiger partial charge on any atom is 0.271 e. The van der Waals surface area contributed by atoms with Crippen LogP contribution >= 0.6 is 0 Å². The quantitative estimate of drug-likeness (QED) is 0.663. The van der Waals surface area contributed by atoms with E-state index < -0.39 is 0 Å². The summed E-state index contributed by atoms with van der Waals surface area (Å²) in [5, 5.41) is 11.3. The van der Waals surface area contributed by atoms with Crippen molar-refractivity contribution in [3.63, 3.8) is 0 Å². The summed E-state index contributed by atoms with van der Waals surface area (Å²) in [4.78, 5) is 16.8. The van der Waals surface area contributed by atoms with Crippen molar-refractivity contribution in [2.45, 2.75) is 26.2 Å². The largest absolute Gasteiger partial charge is 0.353 e. The first-order chi connectivity index (χ1) is 14.3. The SMILES string of the molecule is CCCCCNC(=O)c1ccc(N2CCN(C/C=C/c3ccccc3)CC2)nn1. The van der Waals surface area contributed by atoms with Crippen molar-refractivity contribution < 1.29 is 4.79 Å². The molecule has 0 radical (unpaired) electrons. The Balaban J connectivity index is 1.42. The molecule has 1 fully saturated rings. The molecular formula is C23H31N5O. The number of nitrogens with zero attached hydrogens (tertiary/aromatic N) is 4. The van der Waals surface area contributed by atoms with E-state index in [4.69, 9.17) is 0 Å². The molecule has 0 atom stereocenters. The van der Waals surface area contributed by atoms with Crippen LogP contribution in [0.1, 0.15) is 42.2 Å². The molecule has 0 bridgehead atoms. The van der Waals surface area contributed by atoms with Gasteiger partial charge in [-0.15, -0.1) is 10.2 Å². The molecule has 154 valence electrons. The lowest BCUT2D eigenvalue weighted by Crippen LogP contribution is -2.46. The predicted octanol–water partition coefficient (Wildman–Crippen LogP) is 3.23. The number of benzene rings is 1. The molecule has 2 heterocycles. The second kappa shape index (κ2) is 11.3. The van der Waals surface area contributed by atoms with Crippen LogP contribution in [-0.4, -0.2) is 60.3 Å². The van der Waals surface area contributed by atoms with Gasteiger partial charge >= 0.3 is 0 Å². The molecule has 2 aromatic rings. The van der Waals surface area contributed by atoms with Gasteiger partial charge in [-0.1, -0.05) is 62.2 Å². The second-order valence-electron chi connectivity index (χ2n) is 7.34. The third-order valence-corrected chi connectivity index (χ3v) is 5.12. The van der Waals surface area contributed by atoms with Crippen molar-refractivity contribution in [2.75, 3.05) is 44.2 Å². The van der Waals surface area contributed by atoms with Crippen molar-refractivity contribution in [3.8, 4) is 0 Å². The van der Waals surface area contributed by atoms with Crippen LogP contribution in [0.4, 0.5) is 5.82 Å². The van der Waals surface area contributed by atoms with E-state index in [0.717, 1.165) is 57.8 Å². The predicted molar refractivity (Wildman–Crippen MR) is 118 cm³/mol. The minimum Gasteiger partial charge on any atom is -0.353 e. The maximum atomic E-state index is 12.1. The van der Waals surface area contributed by atoms with E-state index in [1.54, 1.807) is 6.07 Å². The average Bonchev–Trinajstić information content (AvgIpc) is 2.78. The van der Waals surface area contributed by atoms with E-state index in [1.165, 1.54) is 5.56 Å². The number of unbranched alkanes of at least 4 members (excludes halogenated alkanes) is 2. The van der Waals surface area contributed by atoms with Gasteiger partial charge in [0.15, 0.2) is 11.5 Å². The fraction of sp³-hybridized carbons (Fsp3) is 0.435. The van der Waals surface area contributed by atoms with Gasteiger partial charge in [0.2, 0.25) is 0 Å². The van der Waals surface area contributed by atoms with Gasteiger partial charge in [0.05, 0.1) is 0 Å². The van der Waals surface area contributed by atoms with Crippen LogP contribution in [0.2, 0.25) is 0 Å². The number of nitrogens with one attached hydrogen (secondary N) is 1. The molecule has 3 rings (SSSR count). The van der Waals surface area contributed by atoms with Crippen molar-refractivity contribution in [2.24, 2.45) is 0 Å². The molecule has 29 heavy (non-hydrogen) atoms. The van der Waals surface area contributed by atoms with Gasteiger partial charge in [0.1, 0.15) is 0 Å². The second-order valence-corrected chi connectivity index (χ2v) is 7.34. The van der Waals surface area contributed by atoms with Gasteiger partial charge in [0, 0.05) is 39.3 Å². The molecule has 6 nitrogen and oxygen atoms in total. The van der Waals surface area contributed by atoms with Crippen LogP contribution in [0.3, 0.4) is 0 Å². The molecule has 1 amide bonds. The molecule has 1 aromatic carbocycles. The molecule has 1 saturated heterocycles. The number of aromatic nitrogens is 2. The van der Waals surface area contributed by atoms with Crippen LogP contribution < -0.4 is 10.2 Å². The molecule has 0 spiro atoms. The van der Waals surface area contributed by atoms with Crippen LogP contribution in [0.15, 0.2) is 48.5 Å². The first-order valence-electron chi connectivity index (χ1n) is 10.6. The third-order valence-electron chi connectivity index (χ3n) is 5.12. The molecule has 0 saturated carbocycles. The lowest BCUT2D eigenvalue weighted by atomic mass is 10.2. The number of anilines is 1. The Morgan fingerprint density at radius 1 is 1.03 bits per heavy atom. The van der Waals surface area contributed by atoms with Crippen molar-refractivity contribution in [1.29, 1.82) is 0 Å². The van der Waals surface area contributed by atoms with Crippen LogP contribution in [0, 0.1) is 0 Å². The number of rotatable bonds is 9. The molecule has 1 N–H and O–H groups in total. The number of hydrogen-bond acceptors (Lipinski definition) is 5. The first-order valence-corrected chi connectivity index (χ1v) is 10.6. The number of carbonyl (C=O) groups is 1. The summed E-state index contributed by atoms with van der Waals surface area (Å²) in [6.07, 6.45) is 7.65. The fourth-order valence-electron chi connectivity index (χ4n) is 3.34. The summed E-state index contributed by atoms with van der Waals surface area (Å²) in [7, 11) is 0. The number of amides is 1. The Bertz CT molecular complexity index is 768. The number of carbonyl (C=O) groups excluding carboxylic acids is 1. The highest BCUT2D eigenvalue weighted by molar-refractivity contribution is 5.92. The van der Waals surface area contributed by atoms with Gasteiger partial charge < -0.3 is 10.2 Å². The van der Waals surface area contributed by atoms with E-state index in [2.05, 4.69) is 68.7 Å². The number of piperazine rings is 1. The number of hydrogen-bond donors (Lipinski definition) is 1. The zero-order valence-electron chi connectivity index (χ0n) is 17.3. The molecule has 6 heteroatoms. The first kappa shape index (κ1) is 21.0. The Morgan fingerprint density at radius 2 is 1.83 bits per heavy atom. The van der Waals surface area contributed by atoms with Gasteiger partial charge in [-0.3, -0.25) is 9.69 Å². The maximum absolute atomic E-state index is 12.1. The zero-order chi connectivity index (χ0) is 20.3. The highest BCUT2D eigenvalue weighted by atomic mass is 16.1. The lowest BCUT2D eigenvalue weighted by Gasteiger charge is -2.34.